The lowest BCUT2D eigenvalue weighted by molar-refractivity contribution is -0.122. The molecule has 3 aromatic carbocycles. The van der Waals surface area contributed by atoms with Gasteiger partial charge in [0.05, 0.1) is 16.4 Å². The molecule has 1 aliphatic heterocycles. The highest BCUT2D eigenvalue weighted by Crippen LogP contribution is 2.36. The van der Waals surface area contributed by atoms with Crippen molar-refractivity contribution < 1.29 is 23.5 Å². The average Bonchev–Trinajstić information content (AvgIpc) is 2.83. The number of para-hydroxylation sites is 1. The second-order valence-electron chi connectivity index (χ2n) is 7.47. The van der Waals surface area contributed by atoms with Crippen LogP contribution in [-0.2, 0) is 16.2 Å². The molecule has 0 aliphatic carbocycles. The quantitative estimate of drug-likeness (QED) is 0.149. The van der Waals surface area contributed by atoms with Crippen molar-refractivity contribution >= 4 is 86.7 Å². The molecule has 184 valence electrons. The summed E-state index contributed by atoms with van der Waals surface area (Å²) >= 11 is 19.4. The number of methoxy groups -OCH3 is 1. The molecule has 1 fully saturated rings. The van der Waals surface area contributed by atoms with Gasteiger partial charge < -0.3 is 9.47 Å². The Morgan fingerprint density at radius 2 is 1.89 bits per heavy atom. The maximum Gasteiger partial charge on any atom is 0.270 e. The number of nitrogens with zero attached hydrogens (tertiary/aromatic N) is 1. The number of carbonyl (C=O) groups is 2. The molecule has 11 heteroatoms. The number of carbonyl (C=O) groups excluding carboxylic acids is 2. The van der Waals surface area contributed by atoms with E-state index < -0.39 is 17.6 Å². The Balaban J connectivity index is 1.65. The Bertz CT molecular complexity index is 1430. The molecule has 1 aliphatic rings. The zero-order chi connectivity index (χ0) is 26.0. The van der Waals surface area contributed by atoms with Crippen LogP contribution >= 0.6 is 58.0 Å². The first-order valence-electron chi connectivity index (χ1n) is 10.3. The Kier molecular flexibility index (Phi) is 8.13. The Morgan fingerprint density at radius 1 is 1.14 bits per heavy atom. The van der Waals surface area contributed by atoms with Crippen LogP contribution in [0.25, 0.3) is 6.08 Å². The maximum absolute atomic E-state index is 14.4. The lowest BCUT2D eigenvalue weighted by Crippen LogP contribution is -2.54. The van der Waals surface area contributed by atoms with Gasteiger partial charge in [-0.05, 0) is 82.8 Å². The molecule has 1 N–H and O–H groups in total. The standard InChI is InChI=1S/C25H16Cl2FIN2O4S/c1-34-21-10-13(9-19(29)22(21)35-12-14-6-7-15(26)11-17(14)27)8-16-23(32)30-25(36)31(24(16)33)20-5-3-2-4-18(20)28/h2-11H,12H2,1H3,(H,30,32,36)/b16-8+. The zero-order valence-electron chi connectivity index (χ0n) is 18.5. The van der Waals surface area contributed by atoms with E-state index in [0.29, 0.717) is 30.7 Å². The number of anilines is 1. The average molecular weight is 657 g/mol. The van der Waals surface area contributed by atoms with Crippen LogP contribution in [0.2, 0.25) is 10.0 Å². The van der Waals surface area contributed by atoms with Crippen LogP contribution in [0.1, 0.15) is 11.1 Å². The van der Waals surface area contributed by atoms with Gasteiger partial charge >= 0.3 is 0 Å². The molecule has 0 aromatic heterocycles. The van der Waals surface area contributed by atoms with E-state index in [9.17, 15) is 14.0 Å². The largest absolute Gasteiger partial charge is 0.493 e. The summed E-state index contributed by atoms with van der Waals surface area (Å²) in [5.41, 5.74) is 0.952. The monoisotopic (exact) mass is 656 g/mol. The molecule has 1 saturated heterocycles. The minimum atomic E-state index is -0.750. The Labute approximate surface area is 235 Å². The lowest BCUT2D eigenvalue weighted by atomic mass is 10.1. The van der Waals surface area contributed by atoms with Crippen LogP contribution in [0, 0.1) is 9.39 Å². The van der Waals surface area contributed by atoms with E-state index in [1.54, 1.807) is 36.4 Å². The summed E-state index contributed by atoms with van der Waals surface area (Å²) in [5.74, 6) is -1.25. The molecule has 3 aromatic rings. The number of ether oxygens (including phenoxy) is 2. The number of amides is 2. The van der Waals surface area contributed by atoms with Gasteiger partial charge in [-0.25, -0.2) is 9.29 Å². The summed E-state index contributed by atoms with van der Waals surface area (Å²) in [6, 6.07) is 14.1. The van der Waals surface area contributed by atoms with Crippen LogP contribution < -0.4 is 19.7 Å². The first-order chi connectivity index (χ1) is 17.2. The number of nitrogens with one attached hydrogen (secondary N) is 1. The van der Waals surface area contributed by atoms with Gasteiger partial charge in [0, 0.05) is 15.6 Å². The van der Waals surface area contributed by atoms with Crippen molar-refractivity contribution in [3.63, 3.8) is 0 Å². The highest BCUT2D eigenvalue weighted by molar-refractivity contribution is 14.1. The van der Waals surface area contributed by atoms with Gasteiger partial charge in [-0.2, -0.15) is 0 Å². The van der Waals surface area contributed by atoms with Crippen LogP contribution in [0.15, 0.2) is 60.2 Å². The van der Waals surface area contributed by atoms with Crippen molar-refractivity contribution in [3.8, 4) is 11.5 Å². The molecular formula is C25H16Cl2FIN2O4S. The minimum Gasteiger partial charge on any atom is -0.493 e. The summed E-state index contributed by atoms with van der Waals surface area (Å²) in [6.45, 7) is 0.165. The summed E-state index contributed by atoms with van der Waals surface area (Å²) < 4.78 is 26.5. The van der Waals surface area contributed by atoms with Crippen molar-refractivity contribution in [2.45, 2.75) is 6.61 Å². The second kappa shape index (κ2) is 11.1. The fraction of sp³-hybridized carbons (Fsp3) is 0.0800. The SMILES string of the molecule is COc1cc(/C=C2\C(=O)NC(=S)N(c3ccccc3F)C2=O)cc(I)c1OCc1ccc(Cl)cc1Cl. The van der Waals surface area contributed by atoms with Crippen molar-refractivity contribution in [1.82, 2.24) is 5.32 Å². The highest BCUT2D eigenvalue weighted by atomic mass is 127. The summed E-state index contributed by atoms with van der Waals surface area (Å²) in [5, 5.41) is 3.22. The van der Waals surface area contributed by atoms with Gasteiger partial charge in [-0.1, -0.05) is 41.4 Å². The van der Waals surface area contributed by atoms with Crippen molar-refractivity contribution in [2.75, 3.05) is 12.0 Å². The molecule has 0 radical (unpaired) electrons. The summed E-state index contributed by atoms with van der Waals surface area (Å²) in [7, 11) is 1.47. The first kappa shape index (κ1) is 26.3. The van der Waals surface area contributed by atoms with Crippen molar-refractivity contribution in [2.24, 2.45) is 0 Å². The molecule has 2 amide bonds. The number of rotatable bonds is 6. The van der Waals surface area contributed by atoms with E-state index in [1.165, 1.54) is 31.4 Å². The van der Waals surface area contributed by atoms with Gasteiger partial charge in [0.2, 0.25) is 0 Å². The number of halogens is 4. The number of benzene rings is 3. The van der Waals surface area contributed by atoms with E-state index in [-0.39, 0.29) is 23.0 Å². The third-order valence-electron chi connectivity index (χ3n) is 5.14. The molecule has 0 unspecified atom stereocenters. The van der Waals surface area contributed by atoms with Crippen LogP contribution in [0.4, 0.5) is 10.1 Å². The first-order valence-corrected chi connectivity index (χ1v) is 12.5. The molecule has 4 rings (SSSR count). The molecule has 1 heterocycles. The third kappa shape index (κ3) is 5.49. The summed E-state index contributed by atoms with van der Waals surface area (Å²) in [6.07, 6.45) is 1.39. The topological polar surface area (TPSA) is 67.9 Å². The molecule has 0 bridgehead atoms. The van der Waals surface area contributed by atoms with Gasteiger partial charge in [0.15, 0.2) is 16.6 Å². The molecule has 6 nitrogen and oxygen atoms in total. The molecule has 0 saturated carbocycles. The predicted molar refractivity (Wildman–Crippen MR) is 149 cm³/mol. The van der Waals surface area contributed by atoms with Crippen LogP contribution in [0.3, 0.4) is 0 Å². The van der Waals surface area contributed by atoms with Crippen LogP contribution in [0.5, 0.6) is 11.5 Å². The van der Waals surface area contributed by atoms with Crippen molar-refractivity contribution in [1.29, 1.82) is 0 Å². The maximum atomic E-state index is 14.4. The van der Waals surface area contributed by atoms with Gasteiger partial charge in [0.1, 0.15) is 18.0 Å². The molecule has 36 heavy (non-hydrogen) atoms. The fourth-order valence-corrected chi connectivity index (χ4v) is 4.95. The fourth-order valence-electron chi connectivity index (χ4n) is 3.43. The predicted octanol–water partition coefficient (Wildman–Crippen LogP) is 6.16. The Hall–Kier alpha value is -2.73. The normalized spacial score (nSPS) is 14.8. The molecular weight excluding hydrogens is 641 g/mol. The Morgan fingerprint density at radius 3 is 2.58 bits per heavy atom. The minimum absolute atomic E-state index is 0.0600. The van der Waals surface area contributed by atoms with E-state index in [2.05, 4.69) is 27.9 Å². The highest BCUT2D eigenvalue weighted by Gasteiger charge is 2.35. The van der Waals surface area contributed by atoms with E-state index in [0.717, 1.165) is 10.5 Å². The van der Waals surface area contributed by atoms with Crippen LogP contribution in [-0.4, -0.2) is 24.0 Å². The smallest absolute Gasteiger partial charge is 0.270 e. The molecule has 0 spiro atoms. The number of hydrogen-bond donors (Lipinski definition) is 1. The summed E-state index contributed by atoms with van der Waals surface area (Å²) in [4.78, 5) is 26.8. The second-order valence-corrected chi connectivity index (χ2v) is 9.86. The van der Waals surface area contributed by atoms with Gasteiger partial charge in [0.25, 0.3) is 11.8 Å². The zero-order valence-corrected chi connectivity index (χ0v) is 23.0. The van der Waals surface area contributed by atoms with E-state index in [1.807, 2.05) is 0 Å². The third-order valence-corrected chi connectivity index (χ3v) is 6.82. The van der Waals surface area contributed by atoms with Gasteiger partial charge in [-0.3, -0.25) is 14.9 Å². The molecule has 0 atom stereocenters. The van der Waals surface area contributed by atoms with E-state index in [4.69, 9.17) is 44.9 Å². The number of thiocarbonyl (C=S) groups is 1. The number of hydrogen-bond acceptors (Lipinski definition) is 5. The van der Waals surface area contributed by atoms with Gasteiger partial charge in [-0.15, -0.1) is 0 Å². The van der Waals surface area contributed by atoms with Crippen molar-refractivity contribution in [3.05, 3.63) is 90.7 Å². The van der Waals surface area contributed by atoms with E-state index >= 15 is 0 Å². The lowest BCUT2D eigenvalue weighted by Gasteiger charge is -2.29.